The Labute approximate surface area is 113 Å². The van der Waals surface area contributed by atoms with Crippen LogP contribution in [0.2, 0.25) is 0 Å². The van der Waals surface area contributed by atoms with Crippen LogP contribution in [0.15, 0.2) is 12.1 Å². The molecule has 1 aliphatic rings. The van der Waals surface area contributed by atoms with Crippen molar-refractivity contribution in [2.75, 3.05) is 20.2 Å². The molecular formula is C15H21F2NO. The topological polar surface area (TPSA) is 21.3 Å². The lowest BCUT2D eigenvalue weighted by atomic mass is 9.88. The summed E-state index contributed by atoms with van der Waals surface area (Å²) in [5, 5.41) is 3.32. The van der Waals surface area contributed by atoms with E-state index < -0.39 is 6.43 Å². The number of aryl methyl sites for hydroxylation is 1. The van der Waals surface area contributed by atoms with Crippen molar-refractivity contribution >= 4 is 0 Å². The summed E-state index contributed by atoms with van der Waals surface area (Å²) in [5.41, 5.74) is 2.00. The summed E-state index contributed by atoms with van der Waals surface area (Å²) in [6.45, 7) is 4.00. The van der Waals surface area contributed by atoms with Gasteiger partial charge < -0.3 is 10.1 Å². The van der Waals surface area contributed by atoms with Crippen molar-refractivity contribution in [2.45, 2.75) is 32.6 Å². The SMILES string of the molecule is COc1c(C(F)F)ccc(C)c1CC1CCNCC1. The van der Waals surface area contributed by atoms with Crippen LogP contribution in [-0.4, -0.2) is 20.2 Å². The fourth-order valence-electron chi connectivity index (χ4n) is 2.79. The number of halogens is 2. The lowest BCUT2D eigenvalue weighted by Gasteiger charge is -2.25. The van der Waals surface area contributed by atoms with Crippen LogP contribution in [0.3, 0.4) is 0 Å². The van der Waals surface area contributed by atoms with Gasteiger partial charge in [0.2, 0.25) is 0 Å². The van der Waals surface area contributed by atoms with Crippen LogP contribution in [0.25, 0.3) is 0 Å². The van der Waals surface area contributed by atoms with Crippen LogP contribution in [0.5, 0.6) is 5.75 Å². The molecule has 1 aliphatic heterocycles. The van der Waals surface area contributed by atoms with Crippen molar-refractivity contribution in [1.82, 2.24) is 5.32 Å². The highest BCUT2D eigenvalue weighted by atomic mass is 19.3. The molecule has 2 nitrogen and oxygen atoms in total. The maximum Gasteiger partial charge on any atom is 0.267 e. The van der Waals surface area contributed by atoms with E-state index in [1.807, 2.05) is 6.92 Å². The molecule has 1 aromatic rings. The lowest BCUT2D eigenvalue weighted by Crippen LogP contribution is -2.28. The molecule has 1 aromatic carbocycles. The Morgan fingerprint density at radius 2 is 2.00 bits per heavy atom. The van der Waals surface area contributed by atoms with Gasteiger partial charge in [0.05, 0.1) is 12.7 Å². The summed E-state index contributed by atoms with van der Waals surface area (Å²) in [6, 6.07) is 3.26. The van der Waals surface area contributed by atoms with E-state index in [4.69, 9.17) is 4.74 Å². The molecule has 1 saturated heterocycles. The number of ether oxygens (including phenoxy) is 1. The largest absolute Gasteiger partial charge is 0.496 e. The van der Waals surface area contributed by atoms with Gasteiger partial charge in [0, 0.05) is 0 Å². The zero-order valence-corrected chi connectivity index (χ0v) is 11.5. The third kappa shape index (κ3) is 3.24. The van der Waals surface area contributed by atoms with E-state index in [0.717, 1.165) is 43.5 Å². The zero-order chi connectivity index (χ0) is 13.8. The molecule has 0 atom stereocenters. The molecule has 106 valence electrons. The highest BCUT2D eigenvalue weighted by Crippen LogP contribution is 2.36. The van der Waals surface area contributed by atoms with Crippen molar-refractivity contribution in [1.29, 1.82) is 0 Å². The number of methoxy groups -OCH3 is 1. The average molecular weight is 269 g/mol. The van der Waals surface area contributed by atoms with E-state index in [9.17, 15) is 8.78 Å². The maximum absolute atomic E-state index is 13.0. The first-order chi connectivity index (χ1) is 9.13. The average Bonchev–Trinajstić information content (AvgIpc) is 2.41. The summed E-state index contributed by atoms with van der Waals surface area (Å²) in [7, 11) is 1.48. The third-order valence-corrected chi connectivity index (χ3v) is 3.92. The molecule has 0 amide bonds. The zero-order valence-electron chi connectivity index (χ0n) is 11.5. The predicted octanol–water partition coefficient (Wildman–Crippen LogP) is 3.48. The highest BCUT2D eigenvalue weighted by molar-refractivity contribution is 5.47. The van der Waals surface area contributed by atoms with Gasteiger partial charge in [0.25, 0.3) is 6.43 Å². The molecule has 19 heavy (non-hydrogen) atoms. The van der Waals surface area contributed by atoms with E-state index in [1.165, 1.54) is 13.2 Å². The van der Waals surface area contributed by atoms with Crippen molar-refractivity contribution < 1.29 is 13.5 Å². The number of nitrogens with one attached hydrogen (secondary N) is 1. The third-order valence-electron chi connectivity index (χ3n) is 3.92. The number of hydrogen-bond donors (Lipinski definition) is 1. The first-order valence-electron chi connectivity index (χ1n) is 6.78. The number of alkyl halides is 2. The Hall–Kier alpha value is -1.16. The molecule has 1 fully saturated rings. The Balaban J connectivity index is 2.28. The van der Waals surface area contributed by atoms with Gasteiger partial charge in [-0.3, -0.25) is 0 Å². The van der Waals surface area contributed by atoms with E-state index in [1.54, 1.807) is 6.07 Å². The molecule has 4 heteroatoms. The second kappa shape index (κ2) is 6.33. The van der Waals surface area contributed by atoms with Crippen LogP contribution in [0.4, 0.5) is 8.78 Å². The lowest BCUT2D eigenvalue weighted by molar-refractivity contribution is 0.146. The molecule has 0 spiro atoms. The summed E-state index contributed by atoms with van der Waals surface area (Å²) in [4.78, 5) is 0. The smallest absolute Gasteiger partial charge is 0.267 e. The van der Waals surface area contributed by atoms with Crippen molar-refractivity contribution in [3.05, 3.63) is 28.8 Å². The summed E-state index contributed by atoms with van der Waals surface area (Å²) >= 11 is 0. The fraction of sp³-hybridized carbons (Fsp3) is 0.600. The summed E-state index contributed by atoms with van der Waals surface area (Å²) < 4.78 is 31.3. The molecular weight excluding hydrogens is 248 g/mol. The van der Waals surface area contributed by atoms with E-state index in [0.29, 0.717) is 11.7 Å². The molecule has 0 aromatic heterocycles. The van der Waals surface area contributed by atoms with Crippen LogP contribution in [0.1, 0.15) is 36.0 Å². The van der Waals surface area contributed by atoms with Gasteiger partial charge in [-0.15, -0.1) is 0 Å². The minimum Gasteiger partial charge on any atom is -0.496 e. The van der Waals surface area contributed by atoms with Crippen molar-refractivity contribution in [3.63, 3.8) is 0 Å². The van der Waals surface area contributed by atoms with E-state index >= 15 is 0 Å². The fourth-order valence-corrected chi connectivity index (χ4v) is 2.79. The second-order valence-electron chi connectivity index (χ2n) is 5.18. The monoisotopic (exact) mass is 269 g/mol. The number of piperidine rings is 1. The van der Waals surface area contributed by atoms with Gasteiger partial charge in [-0.05, 0) is 62.4 Å². The van der Waals surface area contributed by atoms with Crippen LogP contribution < -0.4 is 10.1 Å². The second-order valence-corrected chi connectivity index (χ2v) is 5.18. The van der Waals surface area contributed by atoms with E-state index in [2.05, 4.69) is 5.32 Å². The van der Waals surface area contributed by atoms with E-state index in [-0.39, 0.29) is 5.56 Å². The Morgan fingerprint density at radius 1 is 1.32 bits per heavy atom. The number of rotatable bonds is 4. The molecule has 0 unspecified atom stereocenters. The van der Waals surface area contributed by atoms with Crippen molar-refractivity contribution in [2.24, 2.45) is 5.92 Å². The Kier molecular flexibility index (Phi) is 4.75. The molecule has 0 aliphatic carbocycles. The molecule has 2 rings (SSSR count). The molecule has 1 heterocycles. The highest BCUT2D eigenvalue weighted by Gasteiger charge is 2.22. The quantitative estimate of drug-likeness (QED) is 0.903. The number of hydrogen-bond acceptors (Lipinski definition) is 2. The summed E-state index contributed by atoms with van der Waals surface area (Å²) in [5.74, 6) is 0.940. The van der Waals surface area contributed by atoms with Crippen LogP contribution in [0, 0.1) is 12.8 Å². The maximum atomic E-state index is 13.0. The van der Waals surface area contributed by atoms with Gasteiger partial charge in [0.1, 0.15) is 5.75 Å². The van der Waals surface area contributed by atoms with Gasteiger partial charge in [-0.2, -0.15) is 0 Å². The van der Waals surface area contributed by atoms with Gasteiger partial charge >= 0.3 is 0 Å². The van der Waals surface area contributed by atoms with Crippen molar-refractivity contribution in [3.8, 4) is 5.75 Å². The predicted molar refractivity (Wildman–Crippen MR) is 72.0 cm³/mol. The molecule has 0 radical (unpaired) electrons. The number of benzene rings is 1. The first kappa shape index (κ1) is 14.3. The summed E-state index contributed by atoms with van der Waals surface area (Å²) in [6.07, 6.45) is 0.544. The molecule has 0 bridgehead atoms. The van der Waals surface area contributed by atoms with Crippen LogP contribution in [-0.2, 0) is 6.42 Å². The minimum absolute atomic E-state index is 0.0111. The van der Waals surface area contributed by atoms with Gasteiger partial charge in [-0.1, -0.05) is 6.07 Å². The first-order valence-corrected chi connectivity index (χ1v) is 6.78. The van der Waals surface area contributed by atoms with Crippen LogP contribution >= 0.6 is 0 Å². The van der Waals surface area contributed by atoms with Gasteiger partial charge in [-0.25, -0.2) is 8.78 Å². The Bertz CT molecular complexity index is 428. The Morgan fingerprint density at radius 3 is 2.58 bits per heavy atom. The standard InChI is InChI=1S/C15H21F2NO/c1-10-3-4-12(15(16)17)14(19-2)13(10)9-11-5-7-18-8-6-11/h3-4,11,15,18H,5-9H2,1-2H3. The minimum atomic E-state index is -2.48. The molecule has 0 saturated carbocycles. The van der Waals surface area contributed by atoms with Gasteiger partial charge in [0.15, 0.2) is 0 Å². The normalized spacial score (nSPS) is 16.9. The molecule has 1 N–H and O–H groups in total.